The topological polar surface area (TPSA) is 79.4 Å². The first kappa shape index (κ1) is 12.7. The van der Waals surface area contributed by atoms with Crippen LogP contribution >= 0.6 is 11.6 Å². The number of halogens is 1. The Balaban J connectivity index is 2.81. The molecule has 1 rings (SSSR count). The molecule has 1 heterocycles. The van der Waals surface area contributed by atoms with E-state index in [0.29, 0.717) is 0 Å². The normalized spacial score (nSPS) is 12.2. The smallest absolute Gasteiger partial charge is 0.308 e. The molecule has 1 aromatic heterocycles. The van der Waals surface area contributed by atoms with Crippen LogP contribution in [-0.2, 0) is 9.53 Å². The Hall–Kier alpha value is -1.33. The van der Waals surface area contributed by atoms with Crippen LogP contribution in [0.1, 0.15) is 25.0 Å². The Morgan fingerprint density at radius 3 is 3.00 bits per heavy atom. The highest BCUT2D eigenvalue weighted by molar-refractivity contribution is 6.31. The Kier molecular flexibility index (Phi) is 4.52. The summed E-state index contributed by atoms with van der Waals surface area (Å²) in [7, 11) is 0. The molecule has 0 saturated heterocycles. The first-order chi connectivity index (χ1) is 7.56. The third kappa shape index (κ3) is 3.08. The van der Waals surface area contributed by atoms with Crippen LogP contribution in [-0.4, -0.2) is 22.7 Å². The molecule has 88 valence electrons. The number of hydrogen-bond donors (Lipinski definition) is 2. The lowest BCUT2D eigenvalue weighted by Crippen LogP contribution is -2.14. The number of pyridine rings is 1. The second kappa shape index (κ2) is 5.67. The molecule has 0 saturated carbocycles. The number of esters is 1. The van der Waals surface area contributed by atoms with Gasteiger partial charge in [-0.3, -0.25) is 9.59 Å². The Labute approximate surface area is 97.0 Å². The first-order valence-electron chi connectivity index (χ1n) is 4.77. The summed E-state index contributed by atoms with van der Waals surface area (Å²) in [5.74, 6) is -0.536. The summed E-state index contributed by atoms with van der Waals surface area (Å²) in [6.45, 7) is 1.92. The van der Waals surface area contributed by atoms with Gasteiger partial charge in [0.05, 0.1) is 19.1 Å². The van der Waals surface area contributed by atoms with Crippen molar-refractivity contribution in [3.05, 3.63) is 33.2 Å². The zero-order chi connectivity index (χ0) is 12.1. The van der Waals surface area contributed by atoms with Gasteiger partial charge in [-0.15, -0.1) is 0 Å². The van der Waals surface area contributed by atoms with Gasteiger partial charge in [0.15, 0.2) is 0 Å². The molecule has 0 bridgehead atoms. The lowest BCUT2D eigenvalue weighted by molar-refractivity contribution is -0.145. The second-order valence-corrected chi connectivity index (χ2v) is 3.48. The molecule has 1 aromatic rings. The van der Waals surface area contributed by atoms with E-state index in [1.54, 1.807) is 6.92 Å². The zero-order valence-electron chi connectivity index (χ0n) is 8.70. The van der Waals surface area contributed by atoms with Gasteiger partial charge in [-0.1, -0.05) is 11.6 Å². The maximum absolute atomic E-state index is 11.1. The van der Waals surface area contributed by atoms with Crippen LogP contribution in [0, 0.1) is 0 Å². The zero-order valence-corrected chi connectivity index (χ0v) is 9.45. The number of aliphatic hydroxyl groups is 1. The van der Waals surface area contributed by atoms with Crippen molar-refractivity contribution in [2.45, 2.75) is 19.4 Å². The van der Waals surface area contributed by atoms with Crippen LogP contribution in [0.4, 0.5) is 0 Å². The first-order valence-corrected chi connectivity index (χ1v) is 5.14. The van der Waals surface area contributed by atoms with Crippen molar-refractivity contribution >= 4 is 17.6 Å². The number of aromatic amines is 1. The quantitative estimate of drug-likeness (QED) is 0.776. The summed E-state index contributed by atoms with van der Waals surface area (Å²) in [6, 6.07) is 1.45. The van der Waals surface area contributed by atoms with E-state index in [2.05, 4.69) is 9.72 Å². The number of H-pyrrole nitrogens is 1. The summed E-state index contributed by atoms with van der Waals surface area (Å²) in [5.41, 5.74) is -0.277. The van der Waals surface area contributed by atoms with Crippen LogP contribution in [0.3, 0.4) is 0 Å². The summed E-state index contributed by atoms with van der Waals surface area (Å²) < 4.78 is 4.68. The minimum atomic E-state index is -1.13. The Morgan fingerprint density at radius 2 is 2.38 bits per heavy atom. The van der Waals surface area contributed by atoms with Crippen molar-refractivity contribution in [2.24, 2.45) is 0 Å². The molecule has 1 unspecified atom stereocenters. The number of hydrogen-bond acceptors (Lipinski definition) is 4. The number of nitrogens with one attached hydrogen (secondary N) is 1. The van der Waals surface area contributed by atoms with Crippen molar-refractivity contribution in [3.63, 3.8) is 0 Å². The molecule has 1 atom stereocenters. The van der Waals surface area contributed by atoms with Crippen LogP contribution in [0.25, 0.3) is 0 Å². The molecule has 6 heteroatoms. The highest BCUT2D eigenvalue weighted by Crippen LogP contribution is 2.21. The van der Waals surface area contributed by atoms with E-state index in [9.17, 15) is 14.7 Å². The number of ether oxygens (including phenoxy) is 1. The van der Waals surface area contributed by atoms with Crippen LogP contribution < -0.4 is 5.56 Å². The fourth-order valence-corrected chi connectivity index (χ4v) is 1.46. The lowest BCUT2D eigenvalue weighted by Gasteiger charge is -2.10. The molecule has 5 nitrogen and oxygen atoms in total. The van der Waals surface area contributed by atoms with Crippen molar-refractivity contribution < 1.29 is 14.6 Å². The number of rotatable bonds is 4. The van der Waals surface area contributed by atoms with Crippen LogP contribution in [0.15, 0.2) is 17.1 Å². The fraction of sp³-hybridized carbons (Fsp3) is 0.400. The SMILES string of the molecule is CCOC(=O)CC(O)c1cc[nH]c(=O)c1Cl. The number of aliphatic hydroxyl groups excluding tert-OH is 1. The van der Waals surface area contributed by atoms with Crippen LogP contribution in [0.5, 0.6) is 0 Å². The summed E-state index contributed by atoms with van der Waals surface area (Å²) in [5, 5.41) is 9.57. The van der Waals surface area contributed by atoms with Gasteiger partial charge in [0.2, 0.25) is 0 Å². The van der Waals surface area contributed by atoms with Gasteiger partial charge >= 0.3 is 5.97 Å². The third-order valence-corrected chi connectivity index (χ3v) is 2.34. The fourth-order valence-electron chi connectivity index (χ4n) is 1.22. The molecule has 0 aliphatic rings. The lowest BCUT2D eigenvalue weighted by atomic mass is 10.1. The highest BCUT2D eigenvalue weighted by atomic mass is 35.5. The summed E-state index contributed by atoms with van der Waals surface area (Å²) >= 11 is 5.69. The van der Waals surface area contributed by atoms with E-state index < -0.39 is 17.6 Å². The highest BCUT2D eigenvalue weighted by Gasteiger charge is 2.17. The van der Waals surface area contributed by atoms with E-state index >= 15 is 0 Å². The molecule has 0 aliphatic carbocycles. The maximum atomic E-state index is 11.1. The summed E-state index contributed by atoms with van der Waals surface area (Å²) in [6.07, 6.45) is 0.00317. The van der Waals surface area contributed by atoms with E-state index in [-0.39, 0.29) is 23.6 Å². The minimum absolute atomic E-state index is 0.112. The van der Waals surface area contributed by atoms with Gasteiger partial charge in [-0.25, -0.2) is 0 Å². The molecule has 16 heavy (non-hydrogen) atoms. The predicted octanol–water partition coefficient (Wildman–Crippen LogP) is 1.01. The van der Waals surface area contributed by atoms with Gasteiger partial charge in [0.25, 0.3) is 5.56 Å². The minimum Gasteiger partial charge on any atom is -0.466 e. The number of aromatic nitrogens is 1. The molecule has 0 fully saturated rings. The number of carbonyl (C=O) groups is 1. The van der Waals surface area contributed by atoms with Crippen molar-refractivity contribution in [1.82, 2.24) is 4.98 Å². The molecular weight excluding hydrogens is 234 g/mol. The van der Waals surface area contributed by atoms with E-state index in [1.165, 1.54) is 12.3 Å². The van der Waals surface area contributed by atoms with E-state index in [0.717, 1.165) is 0 Å². The molecule has 0 amide bonds. The predicted molar refractivity (Wildman–Crippen MR) is 58.3 cm³/mol. The standard InChI is InChI=1S/C10H12ClNO4/c1-2-16-8(14)5-7(13)6-3-4-12-10(15)9(6)11/h3-4,7,13H,2,5H2,1H3,(H,12,15). The van der Waals surface area contributed by atoms with Crippen LogP contribution in [0.2, 0.25) is 5.02 Å². The van der Waals surface area contributed by atoms with Gasteiger partial charge in [0.1, 0.15) is 5.02 Å². The third-order valence-electron chi connectivity index (χ3n) is 1.95. The molecule has 0 spiro atoms. The van der Waals surface area contributed by atoms with Gasteiger partial charge in [0, 0.05) is 11.8 Å². The molecule has 0 aromatic carbocycles. The van der Waals surface area contributed by atoms with Crippen molar-refractivity contribution in [1.29, 1.82) is 0 Å². The Morgan fingerprint density at radius 1 is 1.69 bits per heavy atom. The van der Waals surface area contributed by atoms with E-state index in [1.807, 2.05) is 0 Å². The van der Waals surface area contributed by atoms with Gasteiger partial charge < -0.3 is 14.8 Å². The largest absolute Gasteiger partial charge is 0.466 e. The molecule has 0 aliphatic heterocycles. The second-order valence-electron chi connectivity index (χ2n) is 3.10. The Bertz CT molecular complexity index is 429. The molecular formula is C10H12ClNO4. The van der Waals surface area contributed by atoms with E-state index in [4.69, 9.17) is 11.6 Å². The molecule has 0 radical (unpaired) electrons. The summed E-state index contributed by atoms with van der Waals surface area (Å²) in [4.78, 5) is 24.6. The van der Waals surface area contributed by atoms with Crippen molar-refractivity contribution in [3.8, 4) is 0 Å². The van der Waals surface area contributed by atoms with Crippen molar-refractivity contribution in [2.75, 3.05) is 6.61 Å². The van der Waals surface area contributed by atoms with Gasteiger partial charge in [-0.05, 0) is 13.0 Å². The monoisotopic (exact) mass is 245 g/mol. The maximum Gasteiger partial charge on any atom is 0.308 e. The van der Waals surface area contributed by atoms with Gasteiger partial charge in [-0.2, -0.15) is 0 Å². The number of carbonyl (C=O) groups excluding carboxylic acids is 1. The molecule has 2 N–H and O–H groups in total. The average Bonchev–Trinajstić information content (AvgIpc) is 2.22. The average molecular weight is 246 g/mol.